The van der Waals surface area contributed by atoms with Gasteiger partial charge in [0.2, 0.25) is 0 Å². The molecule has 66 valence electrons. The third-order valence-corrected chi connectivity index (χ3v) is 1.59. The molecule has 0 unspecified atom stereocenters. The molecular weight excluding hydrogens is 173 g/mol. The molecule has 2 aromatic rings. The van der Waals surface area contributed by atoms with E-state index in [1.807, 2.05) is 0 Å². The molecule has 0 spiro atoms. The quantitative estimate of drug-likeness (QED) is 0.642. The summed E-state index contributed by atoms with van der Waals surface area (Å²) in [6.45, 7) is 0. The minimum absolute atomic E-state index is 0.0769. The van der Waals surface area contributed by atoms with Crippen LogP contribution in [0.3, 0.4) is 0 Å². The topological polar surface area (TPSA) is 69.6 Å². The van der Waals surface area contributed by atoms with E-state index >= 15 is 0 Å². The van der Waals surface area contributed by atoms with Crippen molar-refractivity contribution in [1.82, 2.24) is 20.2 Å². The van der Waals surface area contributed by atoms with Crippen molar-refractivity contribution < 1.29 is 4.39 Å². The fourth-order valence-electron chi connectivity index (χ4n) is 0.953. The molecule has 13 heavy (non-hydrogen) atoms. The number of nitrogens with zero attached hydrogens (tertiary/aromatic N) is 4. The summed E-state index contributed by atoms with van der Waals surface area (Å²) in [5.41, 5.74) is 6.08. The van der Waals surface area contributed by atoms with Crippen molar-refractivity contribution in [3.8, 4) is 5.69 Å². The maximum atomic E-state index is 12.8. The molecule has 1 aromatic carbocycles. The Morgan fingerprint density at radius 3 is 2.85 bits per heavy atom. The monoisotopic (exact) mass is 179 g/mol. The first-order chi connectivity index (χ1) is 6.27. The van der Waals surface area contributed by atoms with Crippen LogP contribution >= 0.6 is 0 Å². The maximum Gasteiger partial charge on any atom is 0.146 e. The Kier molecular flexibility index (Phi) is 1.66. The molecule has 1 heterocycles. The van der Waals surface area contributed by atoms with Gasteiger partial charge in [-0.2, -0.15) is 0 Å². The zero-order valence-electron chi connectivity index (χ0n) is 6.55. The van der Waals surface area contributed by atoms with Crippen molar-refractivity contribution in [2.75, 3.05) is 5.73 Å². The summed E-state index contributed by atoms with van der Waals surface area (Å²) in [4.78, 5) is 0. The van der Waals surface area contributed by atoms with E-state index in [0.717, 1.165) is 0 Å². The van der Waals surface area contributed by atoms with Crippen molar-refractivity contribution in [3.05, 3.63) is 30.3 Å². The number of nitrogens with two attached hydrogens (primary N) is 1. The molecule has 5 nitrogen and oxygen atoms in total. The number of hydrogen-bond acceptors (Lipinski definition) is 4. The van der Waals surface area contributed by atoms with Crippen LogP contribution in [0.1, 0.15) is 0 Å². The van der Waals surface area contributed by atoms with Gasteiger partial charge in [-0.3, -0.25) is 0 Å². The Morgan fingerprint density at radius 2 is 2.23 bits per heavy atom. The van der Waals surface area contributed by atoms with Gasteiger partial charge in [0, 0.05) is 0 Å². The Balaban J connectivity index is 2.49. The highest BCUT2D eigenvalue weighted by Crippen LogP contribution is 2.14. The molecular formula is C7H6FN5. The molecule has 0 bridgehead atoms. The Labute approximate surface area is 73.0 Å². The van der Waals surface area contributed by atoms with Crippen LogP contribution < -0.4 is 5.73 Å². The smallest absolute Gasteiger partial charge is 0.146 e. The SMILES string of the molecule is Nc1cc(-n2cnnn2)ccc1F. The van der Waals surface area contributed by atoms with Crippen molar-refractivity contribution in [2.45, 2.75) is 0 Å². The molecule has 0 radical (unpaired) electrons. The average Bonchev–Trinajstić information content (AvgIpc) is 2.62. The number of aromatic nitrogens is 4. The van der Waals surface area contributed by atoms with Crippen LogP contribution in [0.4, 0.5) is 10.1 Å². The summed E-state index contributed by atoms with van der Waals surface area (Å²) < 4.78 is 14.2. The minimum atomic E-state index is -0.447. The third-order valence-electron chi connectivity index (χ3n) is 1.59. The highest BCUT2D eigenvalue weighted by atomic mass is 19.1. The van der Waals surface area contributed by atoms with Gasteiger partial charge < -0.3 is 5.73 Å². The first-order valence-corrected chi connectivity index (χ1v) is 3.56. The number of halogens is 1. The van der Waals surface area contributed by atoms with Gasteiger partial charge in [0.15, 0.2) is 0 Å². The van der Waals surface area contributed by atoms with Gasteiger partial charge in [0.25, 0.3) is 0 Å². The Bertz CT molecular complexity index is 411. The lowest BCUT2D eigenvalue weighted by Gasteiger charge is -2.00. The van der Waals surface area contributed by atoms with Gasteiger partial charge >= 0.3 is 0 Å². The molecule has 0 saturated heterocycles. The predicted molar refractivity (Wildman–Crippen MR) is 43.5 cm³/mol. The molecule has 6 heteroatoms. The van der Waals surface area contributed by atoms with E-state index < -0.39 is 5.82 Å². The van der Waals surface area contributed by atoms with Crippen molar-refractivity contribution >= 4 is 5.69 Å². The fraction of sp³-hybridized carbons (Fsp3) is 0. The van der Waals surface area contributed by atoms with Crippen molar-refractivity contribution in [3.63, 3.8) is 0 Å². The van der Waals surface area contributed by atoms with Crippen LogP contribution in [0, 0.1) is 5.82 Å². The second-order valence-electron chi connectivity index (χ2n) is 2.46. The summed E-state index contributed by atoms with van der Waals surface area (Å²) >= 11 is 0. The second kappa shape index (κ2) is 2.81. The van der Waals surface area contributed by atoms with E-state index in [4.69, 9.17) is 5.73 Å². The molecule has 0 amide bonds. The molecule has 0 aliphatic carbocycles. The number of rotatable bonds is 1. The van der Waals surface area contributed by atoms with E-state index in [9.17, 15) is 4.39 Å². The number of tetrazole rings is 1. The van der Waals surface area contributed by atoms with Gasteiger partial charge in [-0.05, 0) is 28.6 Å². The maximum absolute atomic E-state index is 12.8. The summed E-state index contributed by atoms with van der Waals surface area (Å²) in [5.74, 6) is -0.447. The number of hydrogen-bond donors (Lipinski definition) is 1. The second-order valence-corrected chi connectivity index (χ2v) is 2.46. The molecule has 2 N–H and O–H groups in total. The van der Waals surface area contributed by atoms with E-state index in [2.05, 4.69) is 15.5 Å². The fourth-order valence-corrected chi connectivity index (χ4v) is 0.953. The summed E-state index contributed by atoms with van der Waals surface area (Å²) in [7, 11) is 0. The Hall–Kier alpha value is -1.98. The van der Waals surface area contributed by atoms with Gasteiger partial charge in [-0.25, -0.2) is 9.07 Å². The van der Waals surface area contributed by atoms with Crippen LogP contribution in [0.5, 0.6) is 0 Å². The standard InChI is InChI=1S/C7H6FN5/c8-6-2-1-5(3-7(6)9)13-4-10-11-12-13/h1-4H,9H2. The summed E-state index contributed by atoms with van der Waals surface area (Å²) in [5, 5.41) is 10.5. The summed E-state index contributed by atoms with van der Waals surface area (Å²) in [6, 6.07) is 4.28. The number of benzene rings is 1. The first kappa shape index (κ1) is 7.66. The molecule has 0 aliphatic heterocycles. The van der Waals surface area contributed by atoms with Gasteiger partial charge in [-0.1, -0.05) is 0 Å². The van der Waals surface area contributed by atoms with Crippen molar-refractivity contribution in [2.24, 2.45) is 0 Å². The first-order valence-electron chi connectivity index (χ1n) is 3.56. The van der Waals surface area contributed by atoms with E-state index in [-0.39, 0.29) is 5.69 Å². The molecule has 2 rings (SSSR count). The third kappa shape index (κ3) is 1.33. The van der Waals surface area contributed by atoms with Crippen LogP contribution in [-0.4, -0.2) is 20.2 Å². The Morgan fingerprint density at radius 1 is 1.38 bits per heavy atom. The zero-order chi connectivity index (χ0) is 9.26. The van der Waals surface area contributed by atoms with Crippen LogP contribution in [0.15, 0.2) is 24.5 Å². The summed E-state index contributed by atoms with van der Waals surface area (Å²) in [6.07, 6.45) is 1.41. The number of anilines is 1. The van der Waals surface area contributed by atoms with Gasteiger partial charge in [0.05, 0.1) is 11.4 Å². The lowest BCUT2D eigenvalue weighted by Crippen LogP contribution is -1.98. The molecule has 0 fully saturated rings. The lowest BCUT2D eigenvalue weighted by molar-refractivity contribution is 0.631. The van der Waals surface area contributed by atoms with E-state index in [1.54, 1.807) is 6.07 Å². The predicted octanol–water partition coefficient (Wildman–Crippen LogP) is 0.384. The molecule has 0 atom stereocenters. The van der Waals surface area contributed by atoms with Crippen molar-refractivity contribution in [1.29, 1.82) is 0 Å². The largest absolute Gasteiger partial charge is 0.396 e. The lowest BCUT2D eigenvalue weighted by atomic mass is 10.3. The van der Waals surface area contributed by atoms with Gasteiger partial charge in [-0.15, -0.1) is 5.10 Å². The highest BCUT2D eigenvalue weighted by Gasteiger charge is 2.01. The van der Waals surface area contributed by atoms with Crippen LogP contribution in [-0.2, 0) is 0 Å². The zero-order valence-corrected chi connectivity index (χ0v) is 6.55. The van der Waals surface area contributed by atoms with E-state index in [1.165, 1.54) is 23.1 Å². The van der Waals surface area contributed by atoms with Crippen LogP contribution in [0.2, 0.25) is 0 Å². The molecule has 1 aromatic heterocycles. The van der Waals surface area contributed by atoms with Crippen LogP contribution in [0.25, 0.3) is 5.69 Å². The van der Waals surface area contributed by atoms with E-state index in [0.29, 0.717) is 5.69 Å². The number of nitrogen functional groups attached to an aromatic ring is 1. The highest BCUT2D eigenvalue weighted by molar-refractivity contribution is 5.48. The normalized spacial score (nSPS) is 10.2. The van der Waals surface area contributed by atoms with Gasteiger partial charge in [0.1, 0.15) is 12.1 Å². The molecule has 0 aliphatic rings. The molecule has 0 saturated carbocycles. The minimum Gasteiger partial charge on any atom is -0.396 e. The average molecular weight is 179 g/mol.